The first kappa shape index (κ1) is 16.3. The molecule has 1 N–H and O–H groups in total. The van der Waals surface area contributed by atoms with Gasteiger partial charge in [-0.25, -0.2) is 4.79 Å². The van der Waals surface area contributed by atoms with Gasteiger partial charge in [-0.15, -0.1) is 0 Å². The summed E-state index contributed by atoms with van der Waals surface area (Å²) in [5.41, 5.74) is 3.86. The van der Waals surface area contributed by atoms with Crippen LogP contribution < -0.4 is 5.32 Å². The van der Waals surface area contributed by atoms with Crippen LogP contribution in [0.4, 0.5) is 0 Å². The number of rotatable bonds is 5. The van der Waals surface area contributed by atoms with Crippen LogP contribution in [-0.4, -0.2) is 18.5 Å². The summed E-state index contributed by atoms with van der Waals surface area (Å²) in [6, 6.07) is 9.35. The molecular formula is C19H21NO4. The number of aryl methyl sites for hydroxylation is 2. The Kier molecular flexibility index (Phi) is 4.99. The summed E-state index contributed by atoms with van der Waals surface area (Å²) < 4.78 is 9.86. The number of hydrogen-bond donors (Lipinski definition) is 1. The summed E-state index contributed by atoms with van der Waals surface area (Å²) in [4.78, 5) is 23.6. The highest BCUT2D eigenvalue weighted by Gasteiger charge is 2.16. The van der Waals surface area contributed by atoms with Crippen molar-refractivity contribution in [2.24, 2.45) is 0 Å². The molecule has 5 heteroatoms. The lowest BCUT2D eigenvalue weighted by molar-refractivity contribution is -0.124. The highest BCUT2D eigenvalue weighted by atomic mass is 16.5. The topological polar surface area (TPSA) is 68.5 Å². The van der Waals surface area contributed by atoms with Gasteiger partial charge in [0.2, 0.25) is 5.76 Å². The maximum Gasteiger partial charge on any atom is 0.374 e. The van der Waals surface area contributed by atoms with Crippen LogP contribution in [-0.2, 0) is 22.4 Å². The van der Waals surface area contributed by atoms with Gasteiger partial charge in [0.05, 0.1) is 12.3 Å². The van der Waals surface area contributed by atoms with Crippen molar-refractivity contribution in [3.05, 3.63) is 59.0 Å². The van der Waals surface area contributed by atoms with Gasteiger partial charge in [-0.05, 0) is 61.4 Å². The van der Waals surface area contributed by atoms with E-state index < -0.39 is 5.97 Å². The SMILES string of the molecule is CC(NC(=O)COC(=O)c1ccco1)c1ccc2c(c1)CCCC2. The lowest BCUT2D eigenvalue weighted by atomic mass is 9.89. The minimum atomic E-state index is -0.642. The predicted molar refractivity (Wildman–Crippen MR) is 88.6 cm³/mol. The summed E-state index contributed by atoms with van der Waals surface area (Å²) in [6.45, 7) is 1.60. The quantitative estimate of drug-likeness (QED) is 0.856. The molecule has 1 aromatic heterocycles. The molecule has 126 valence electrons. The van der Waals surface area contributed by atoms with E-state index in [9.17, 15) is 9.59 Å². The van der Waals surface area contributed by atoms with Crippen LogP contribution in [0.2, 0.25) is 0 Å². The largest absolute Gasteiger partial charge is 0.457 e. The Morgan fingerprint density at radius 1 is 1.21 bits per heavy atom. The van der Waals surface area contributed by atoms with E-state index in [1.807, 2.05) is 6.92 Å². The second kappa shape index (κ2) is 7.34. The third kappa shape index (κ3) is 3.85. The molecule has 24 heavy (non-hydrogen) atoms. The molecule has 1 atom stereocenters. The van der Waals surface area contributed by atoms with Gasteiger partial charge in [-0.2, -0.15) is 0 Å². The van der Waals surface area contributed by atoms with Crippen molar-refractivity contribution in [2.75, 3.05) is 6.61 Å². The second-order valence-electron chi connectivity index (χ2n) is 6.08. The van der Waals surface area contributed by atoms with Crippen LogP contribution in [0.3, 0.4) is 0 Å². The van der Waals surface area contributed by atoms with E-state index in [-0.39, 0.29) is 24.3 Å². The molecule has 0 radical (unpaired) electrons. The second-order valence-corrected chi connectivity index (χ2v) is 6.08. The monoisotopic (exact) mass is 327 g/mol. The Labute approximate surface area is 141 Å². The van der Waals surface area contributed by atoms with E-state index >= 15 is 0 Å². The number of furan rings is 1. The van der Waals surface area contributed by atoms with Crippen molar-refractivity contribution in [2.45, 2.75) is 38.6 Å². The first-order chi connectivity index (χ1) is 11.6. The molecule has 5 nitrogen and oxygen atoms in total. The van der Waals surface area contributed by atoms with Gasteiger partial charge >= 0.3 is 5.97 Å². The highest BCUT2D eigenvalue weighted by Crippen LogP contribution is 2.24. The molecule has 0 saturated carbocycles. The molecule has 1 amide bonds. The van der Waals surface area contributed by atoms with E-state index in [4.69, 9.17) is 9.15 Å². The van der Waals surface area contributed by atoms with Crippen LogP contribution in [0.15, 0.2) is 41.0 Å². The summed E-state index contributed by atoms with van der Waals surface area (Å²) in [5.74, 6) is -0.887. The van der Waals surface area contributed by atoms with Crippen LogP contribution in [0, 0.1) is 0 Å². The number of carbonyl (C=O) groups is 2. The number of nitrogens with one attached hydrogen (secondary N) is 1. The van der Waals surface area contributed by atoms with Crippen LogP contribution in [0.25, 0.3) is 0 Å². The Hall–Kier alpha value is -2.56. The number of ether oxygens (including phenoxy) is 1. The third-order valence-corrected chi connectivity index (χ3v) is 4.31. The molecule has 2 aromatic rings. The van der Waals surface area contributed by atoms with Crippen molar-refractivity contribution >= 4 is 11.9 Å². The van der Waals surface area contributed by atoms with E-state index in [1.54, 1.807) is 6.07 Å². The van der Waals surface area contributed by atoms with Gasteiger partial charge in [0, 0.05) is 0 Å². The van der Waals surface area contributed by atoms with Crippen molar-refractivity contribution < 1.29 is 18.7 Å². The third-order valence-electron chi connectivity index (χ3n) is 4.31. The molecule has 0 aliphatic heterocycles. The molecule has 0 saturated heterocycles. The Balaban J connectivity index is 1.53. The molecule has 1 aliphatic rings. The first-order valence-corrected chi connectivity index (χ1v) is 8.25. The predicted octanol–water partition coefficient (Wildman–Crippen LogP) is 3.19. The zero-order valence-corrected chi connectivity index (χ0v) is 13.7. The maximum absolute atomic E-state index is 12.0. The maximum atomic E-state index is 12.0. The summed E-state index contributed by atoms with van der Waals surface area (Å²) in [5, 5.41) is 2.86. The van der Waals surface area contributed by atoms with Gasteiger partial charge in [-0.1, -0.05) is 18.2 Å². The van der Waals surface area contributed by atoms with Crippen molar-refractivity contribution in [1.29, 1.82) is 0 Å². The van der Waals surface area contributed by atoms with Gasteiger partial charge < -0.3 is 14.5 Å². The van der Waals surface area contributed by atoms with Crippen molar-refractivity contribution in [3.63, 3.8) is 0 Å². The van der Waals surface area contributed by atoms with Crippen LogP contribution >= 0.6 is 0 Å². The molecule has 0 spiro atoms. The molecular weight excluding hydrogens is 306 g/mol. The zero-order valence-electron chi connectivity index (χ0n) is 13.7. The molecule has 0 bridgehead atoms. The number of fused-ring (bicyclic) bond motifs is 1. The molecule has 0 fully saturated rings. The Morgan fingerprint density at radius 2 is 2.00 bits per heavy atom. The molecule has 1 unspecified atom stereocenters. The Bertz CT molecular complexity index is 721. The molecule has 1 aromatic carbocycles. The fourth-order valence-electron chi connectivity index (χ4n) is 2.99. The molecule has 3 rings (SSSR count). The molecule has 1 heterocycles. The average Bonchev–Trinajstić information content (AvgIpc) is 3.14. The van der Waals surface area contributed by atoms with Crippen molar-refractivity contribution in [3.8, 4) is 0 Å². The average molecular weight is 327 g/mol. The van der Waals surface area contributed by atoms with E-state index in [0.29, 0.717) is 0 Å². The normalized spacial score (nSPS) is 14.5. The summed E-state index contributed by atoms with van der Waals surface area (Å²) in [7, 11) is 0. The first-order valence-electron chi connectivity index (χ1n) is 8.25. The number of hydrogen-bond acceptors (Lipinski definition) is 4. The standard InChI is InChI=1S/C19H21NO4/c1-13(15-9-8-14-5-2-3-6-16(14)11-15)20-18(21)12-24-19(22)17-7-4-10-23-17/h4,7-11,13H,2-3,5-6,12H2,1H3,(H,20,21). The number of esters is 1. The number of benzene rings is 1. The van der Waals surface area contributed by atoms with Crippen LogP contribution in [0.5, 0.6) is 0 Å². The van der Waals surface area contributed by atoms with Gasteiger partial charge in [0.25, 0.3) is 5.91 Å². The number of amides is 1. The van der Waals surface area contributed by atoms with Gasteiger partial charge in [0.1, 0.15) is 0 Å². The summed E-state index contributed by atoms with van der Waals surface area (Å²) >= 11 is 0. The minimum absolute atomic E-state index is 0.0885. The van der Waals surface area contributed by atoms with Crippen LogP contribution in [0.1, 0.15) is 53.1 Å². The van der Waals surface area contributed by atoms with E-state index in [0.717, 1.165) is 18.4 Å². The summed E-state index contributed by atoms with van der Waals surface area (Å²) in [6.07, 6.45) is 6.10. The fraction of sp³-hybridized carbons (Fsp3) is 0.368. The molecule has 1 aliphatic carbocycles. The lowest BCUT2D eigenvalue weighted by Crippen LogP contribution is -2.31. The zero-order chi connectivity index (χ0) is 16.9. The fourth-order valence-corrected chi connectivity index (χ4v) is 2.99. The highest BCUT2D eigenvalue weighted by molar-refractivity contribution is 5.88. The van der Waals surface area contributed by atoms with Crippen molar-refractivity contribution in [1.82, 2.24) is 5.32 Å². The van der Waals surface area contributed by atoms with E-state index in [2.05, 4.69) is 23.5 Å². The van der Waals surface area contributed by atoms with Gasteiger partial charge in [0.15, 0.2) is 6.61 Å². The smallest absolute Gasteiger partial charge is 0.374 e. The van der Waals surface area contributed by atoms with Gasteiger partial charge in [-0.3, -0.25) is 4.79 Å². The lowest BCUT2D eigenvalue weighted by Gasteiger charge is -2.20. The Morgan fingerprint density at radius 3 is 2.75 bits per heavy atom. The number of carbonyl (C=O) groups excluding carboxylic acids is 2. The minimum Gasteiger partial charge on any atom is -0.457 e. The van der Waals surface area contributed by atoms with E-state index in [1.165, 1.54) is 36.3 Å².